The van der Waals surface area contributed by atoms with Crippen molar-refractivity contribution in [3.05, 3.63) is 29.8 Å². The summed E-state index contributed by atoms with van der Waals surface area (Å²) in [6.07, 6.45) is 21.6. The number of ether oxygens (including phenoxy) is 1. The Morgan fingerprint density at radius 2 is 1.14 bits per heavy atom. The van der Waals surface area contributed by atoms with Crippen LogP contribution in [0.4, 0.5) is 0 Å². The summed E-state index contributed by atoms with van der Waals surface area (Å²) >= 11 is 0. The van der Waals surface area contributed by atoms with Crippen molar-refractivity contribution < 1.29 is 14.6 Å². The van der Waals surface area contributed by atoms with Crippen LogP contribution in [0.15, 0.2) is 24.3 Å². The predicted octanol–water partition coefficient (Wildman–Crippen LogP) is 7.38. The quantitative estimate of drug-likeness (QED) is 0.190. The first-order valence-corrected chi connectivity index (χ1v) is 11.7. The summed E-state index contributed by atoms with van der Waals surface area (Å²) in [5, 5.41) is 9.13. The normalized spacial score (nSPS) is 10.5. The molecule has 162 valence electrons. The summed E-state index contributed by atoms with van der Waals surface area (Å²) in [6, 6.07) is 6.86. The van der Waals surface area contributed by atoms with Crippen molar-refractivity contribution in [1.82, 2.24) is 0 Å². The number of carbonyl (C=O) groups is 1. The summed E-state index contributed by atoms with van der Waals surface area (Å²) < 4.78 is 5.64. The van der Waals surface area contributed by atoms with E-state index in [0.29, 0.717) is 12.4 Å². The number of carboxylic acids is 1. The maximum atomic E-state index is 11.1. The average molecular weight is 415 g/mol. The minimum atomic E-state index is -0.928. The van der Waals surface area contributed by atoms with Crippen molar-refractivity contribution in [3.8, 4) is 5.75 Å². The Morgan fingerprint density at radius 1 is 0.724 bits per heavy atom. The second kappa shape index (κ2) is 20.8. The van der Waals surface area contributed by atoms with Crippen LogP contribution in [0.2, 0.25) is 0 Å². The van der Waals surface area contributed by atoms with Gasteiger partial charge in [0.05, 0.1) is 6.61 Å². The van der Waals surface area contributed by atoms with Crippen LogP contribution in [0, 0.1) is 0 Å². The van der Waals surface area contributed by atoms with Gasteiger partial charge in [-0.25, -0.2) is 4.79 Å². The van der Waals surface area contributed by atoms with Crippen LogP contribution in [0.25, 0.3) is 0 Å². The molecule has 0 saturated heterocycles. The zero-order chi connectivity index (χ0) is 20.3. The van der Waals surface area contributed by atoms with Crippen LogP contribution in [-0.2, 0) is 0 Å². The predicted molar refractivity (Wildman–Crippen MR) is 126 cm³/mol. The maximum absolute atomic E-state index is 11.1. The van der Waals surface area contributed by atoms with Gasteiger partial charge in [0.2, 0.25) is 0 Å². The third-order valence-corrected chi connectivity index (χ3v) is 5.37. The Hall–Kier alpha value is -0.510. The van der Waals surface area contributed by atoms with Crippen LogP contribution in [0.1, 0.15) is 120 Å². The molecule has 0 bridgehead atoms. The first-order valence-electron chi connectivity index (χ1n) is 11.7. The number of hydrogen-bond acceptors (Lipinski definition) is 2. The van der Waals surface area contributed by atoms with E-state index in [1.807, 2.05) is 6.07 Å². The van der Waals surface area contributed by atoms with E-state index in [1.165, 1.54) is 89.9 Å². The first-order chi connectivity index (χ1) is 13.8. The van der Waals surface area contributed by atoms with E-state index in [9.17, 15) is 4.79 Å². The fourth-order valence-corrected chi connectivity index (χ4v) is 3.60. The van der Waals surface area contributed by atoms with E-state index in [0.717, 1.165) is 12.8 Å². The molecular weight excluding hydrogens is 371 g/mol. The van der Waals surface area contributed by atoms with Gasteiger partial charge >= 0.3 is 35.5 Å². The average Bonchev–Trinajstić information content (AvgIpc) is 2.70. The molecule has 0 aliphatic rings. The van der Waals surface area contributed by atoms with Crippen LogP contribution in [-0.4, -0.2) is 47.2 Å². The summed E-state index contributed by atoms with van der Waals surface area (Å²) in [6.45, 7) is 2.88. The molecule has 1 aromatic rings. The molecule has 29 heavy (non-hydrogen) atoms. The molecule has 0 aromatic heterocycles. The molecule has 0 saturated carbocycles. The number of carboxylic acid groups (broad SMARTS) is 1. The number of para-hydroxylation sites is 1. The molecule has 0 fully saturated rings. The molecule has 3 nitrogen and oxygen atoms in total. The van der Waals surface area contributed by atoms with Crippen molar-refractivity contribution in [2.75, 3.05) is 6.61 Å². The molecule has 0 spiro atoms. The SMILES string of the molecule is CCCCCCCCCCCCCCCCCCOc1ccccc1C(=O)O.[NaH]. The molecule has 0 atom stereocenters. The van der Waals surface area contributed by atoms with Gasteiger partial charge in [0.25, 0.3) is 0 Å². The molecule has 0 amide bonds. The molecule has 1 N–H and O–H groups in total. The monoisotopic (exact) mass is 414 g/mol. The molecular formula is C25H43NaO3. The molecule has 1 aromatic carbocycles. The second-order valence-electron chi connectivity index (χ2n) is 7.95. The molecule has 0 radical (unpaired) electrons. The van der Waals surface area contributed by atoms with E-state index in [2.05, 4.69) is 6.92 Å². The second-order valence-corrected chi connectivity index (χ2v) is 7.95. The van der Waals surface area contributed by atoms with Gasteiger partial charge in [0, 0.05) is 0 Å². The van der Waals surface area contributed by atoms with Gasteiger partial charge < -0.3 is 9.84 Å². The molecule has 0 aliphatic heterocycles. The van der Waals surface area contributed by atoms with Gasteiger partial charge in [-0.05, 0) is 18.6 Å². The van der Waals surface area contributed by atoms with Crippen molar-refractivity contribution in [3.63, 3.8) is 0 Å². The fourth-order valence-electron chi connectivity index (χ4n) is 3.60. The fraction of sp³-hybridized carbons (Fsp3) is 0.720. The van der Waals surface area contributed by atoms with Crippen molar-refractivity contribution in [2.45, 2.75) is 110 Å². The Morgan fingerprint density at radius 3 is 1.59 bits per heavy atom. The molecule has 1 rings (SSSR count). The minimum absolute atomic E-state index is 0. The number of benzene rings is 1. The Labute approximate surface area is 201 Å². The molecule has 0 heterocycles. The zero-order valence-electron chi connectivity index (χ0n) is 18.1. The Bertz CT molecular complexity index is 505. The van der Waals surface area contributed by atoms with Gasteiger partial charge in [-0.15, -0.1) is 0 Å². The van der Waals surface area contributed by atoms with Gasteiger partial charge in [0.1, 0.15) is 11.3 Å². The van der Waals surface area contributed by atoms with Crippen LogP contribution in [0.5, 0.6) is 5.75 Å². The number of rotatable bonds is 19. The van der Waals surface area contributed by atoms with Gasteiger partial charge in [-0.2, -0.15) is 0 Å². The number of unbranched alkanes of at least 4 members (excludes halogenated alkanes) is 15. The van der Waals surface area contributed by atoms with E-state index in [4.69, 9.17) is 9.84 Å². The third kappa shape index (κ3) is 15.9. The van der Waals surface area contributed by atoms with Gasteiger partial charge in [0.15, 0.2) is 0 Å². The van der Waals surface area contributed by atoms with E-state index < -0.39 is 5.97 Å². The van der Waals surface area contributed by atoms with Crippen LogP contribution in [0.3, 0.4) is 0 Å². The Balaban J connectivity index is 0.00000784. The first kappa shape index (κ1) is 28.5. The van der Waals surface area contributed by atoms with Crippen LogP contribution >= 0.6 is 0 Å². The van der Waals surface area contributed by atoms with Gasteiger partial charge in [-0.3, -0.25) is 0 Å². The number of hydrogen-bond donors (Lipinski definition) is 1. The summed E-state index contributed by atoms with van der Waals surface area (Å²) in [4.78, 5) is 11.1. The van der Waals surface area contributed by atoms with E-state index >= 15 is 0 Å². The molecule has 0 unspecified atom stereocenters. The van der Waals surface area contributed by atoms with E-state index in [1.54, 1.807) is 18.2 Å². The molecule has 0 aliphatic carbocycles. The summed E-state index contributed by atoms with van der Waals surface area (Å²) in [5.41, 5.74) is 0.249. The van der Waals surface area contributed by atoms with Gasteiger partial charge in [-0.1, -0.05) is 115 Å². The van der Waals surface area contributed by atoms with Crippen LogP contribution < -0.4 is 4.74 Å². The standard InChI is InChI=1S/C25H42O3.Na.H/c1-2-3-4-5-6-7-8-9-10-11-12-13-14-15-16-19-22-28-24-21-18-17-20-23(24)25(26)27;;/h17-18,20-21H,2-16,19,22H2,1H3,(H,26,27);;. The topological polar surface area (TPSA) is 46.5 Å². The van der Waals surface area contributed by atoms with Crippen molar-refractivity contribution in [2.24, 2.45) is 0 Å². The van der Waals surface area contributed by atoms with E-state index in [-0.39, 0.29) is 35.1 Å². The van der Waals surface area contributed by atoms with Crippen molar-refractivity contribution in [1.29, 1.82) is 0 Å². The number of aromatic carboxylic acids is 1. The molecule has 4 heteroatoms. The van der Waals surface area contributed by atoms with Crippen molar-refractivity contribution >= 4 is 35.5 Å². The summed E-state index contributed by atoms with van der Waals surface area (Å²) in [5.74, 6) is -0.446. The zero-order valence-corrected chi connectivity index (χ0v) is 18.1. The Kier molecular flexibility index (Phi) is 20.4. The summed E-state index contributed by atoms with van der Waals surface area (Å²) in [7, 11) is 0. The third-order valence-electron chi connectivity index (χ3n) is 5.37.